The molecular weight excluding hydrogens is 444 g/mol. The van der Waals surface area contributed by atoms with Crippen molar-refractivity contribution in [2.24, 2.45) is 0 Å². The second kappa shape index (κ2) is 10.8. The van der Waals surface area contributed by atoms with E-state index < -0.39 is 0 Å². The maximum absolute atomic E-state index is 2.43. The zero-order chi connectivity index (χ0) is 26.7. The first kappa shape index (κ1) is 26.4. The summed E-state index contributed by atoms with van der Waals surface area (Å²) in [5.41, 5.74) is 5.63. The lowest BCUT2D eigenvalue weighted by Gasteiger charge is -2.22. The number of hydrogen-bond acceptors (Lipinski definition) is 0. The van der Waals surface area contributed by atoms with Crippen LogP contribution in [0.3, 0.4) is 0 Å². The van der Waals surface area contributed by atoms with Crippen molar-refractivity contribution < 1.29 is 0 Å². The van der Waals surface area contributed by atoms with Crippen LogP contribution in [0.25, 0.3) is 54.2 Å². The summed E-state index contributed by atoms with van der Waals surface area (Å²) in [6.45, 7) is 16.7. The maximum Gasteiger partial charge on any atom is 0.0159 e. The zero-order valence-corrected chi connectivity index (χ0v) is 23.7. The van der Waals surface area contributed by atoms with Gasteiger partial charge in [-0.05, 0) is 114 Å². The lowest BCUT2D eigenvalue weighted by Crippen LogP contribution is -2.14. The lowest BCUT2D eigenvalue weighted by atomic mass is 9.81. The van der Waals surface area contributed by atoms with E-state index in [-0.39, 0.29) is 5.41 Å². The Bertz CT molecular complexity index is 1570. The van der Waals surface area contributed by atoms with Crippen LogP contribution in [-0.4, -0.2) is 0 Å². The molecule has 0 amide bonds. The predicted molar refractivity (Wildman–Crippen MR) is 168 cm³/mol. The van der Waals surface area contributed by atoms with Crippen LogP contribution in [0.15, 0.2) is 97.1 Å². The molecule has 0 aromatic heterocycles. The fourth-order valence-corrected chi connectivity index (χ4v) is 5.61. The second-order valence-corrected chi connectivity index (χ2v) is 9.51. The van der Waals surface area contributed by atoms with Gasteiger partial charge in [0.15, 0.2) is 0 Å². The maximum atomic E-state index is 2.43. The third-order valence-electron chi connectivity index (χ3n) is 7.32. The Morgan fingerprint density at radius 1 is 0.351 bits per heavy atom. The van der Waals surface area contributed by atoms with Gasteiger partial charge in [-0.1, -0.05) is 104 Å². The zero-order valence-electron chi connectivity index (χ0n) is 23.7. The van der Waals surface area contributed by atoms with Crippen LogP contribution in [-0.2, 0) is 5.41 Å². The molecule has 1 aliphatic rings. The smallest absolute Gasteiger partial charge is 0.0159 e. The van der Waals surface area contributed by atoms with Gasteiger partial charge >= 0.3 is 0 Å². The topological polar surface area (TPSA) is 0 Å². The van der Waals surface area contributed by atoms with E-state index in [9.17, 15) is 0 Å². The van der Waals surface area contributed by atoms with E-state index >= 15 is 0 Å². The molecule has 0 aliphatic heterocycles. The van der Waals surface area contributed by atoms with Crippen LogP contribution in [0, 0.1) is 0 Å². The van der Waals surface area contributed by atoms with Gasteiger partial charge < -0.3 is 0 Å². The fourth-order valence-electron chi connectivity index (χ4n) is 5.61. The average molecular weight is 485 g/mol. The highest BCUT2D eigenvalue weighted by Crippen LogP contribution is 2.51. The van der Waals surface area contributed by atoms with Gasteiger partial charge in [0, 0.05) is 5.41 Å². The molecule has 1 aliphatic carbocycles. The molecule has 7 rings (SSSR count). The summed E-state index contributed by atoms with van der Waals surface area (Å²) in [5, 5.41) is 10.5. The van der Waals surface area contributed by atoms with Crippen molar-refractivity contribution in [2.75, 3.05) is 0 Å². The first-order valence-electron chi connectivity index (χ1n) is 14.0. The highest BCUT2D eigenvalue weighted by Gasteiger charge is 2.36. The van der Waals surface area contributed by atoms with E-state index in [1.54, 1.807) is 0 Å². The summed E-state index contributed by atoms with van der Waals surface area (Å²) in [6.07, 6.45) is 0. The second-order valence-electron chi connectivity index (χ2n) is 9.51. The molecule has 0 bridgehead atoms. The highest BCUT2D eigenvalue weighted by molar-refractivity contribution is 6.05. The first-order valence-corrected chi connectivity index (χ1v) is 14.0. The Morgan fingerprint density at radius 2 is 0.622 bits per heavy atom. The van der Waals surface area contributed by atoms with Crippen molar-refractivity contribution >= 4 is 43.1 Å². The molecule has 0 N–H and O–H groups in total. The summed E-state index contributed by atoms with van der Waals surface area (Å²) >= 11 is 0. The third-order valence-corrected chi connectivity index (χ3v) is 7.32. The van der Waals surface area contributed by atoms with Gasteiger partial charge in [0.2, 0.25) is 0 Å². The molecule has 0 radical (unpaired) electrons. The van der Waals surface area contributed by atoms with Gasteiger partial charge in [-0.25, -0.2) is 0 Å². The van der Waals surface area contributed by atoms with E-state index in [0.717, 1.165) is 0 Å². The monoisotopic (exact) mass is 484 g/mol. The highest BCUT2D eigenvalue weighted by atomic mass is 14.4. The molecule has 0 heteroatoms. The fraction of sp³-hybridized carbons (Fsp3) is 0.243. The molecule has 0 unspecified atom stereocenters. The van der Waals surface area contributed by atoms with Crippen molar-refractivity contribution in [2.45, 2.75) is 60.8 Å². The molecule has 0 spiro atoms. The van der Waals surface area contributed by atoms with Crippen LogP contribution >= 0.6 is 0 Å². The van der Waals surface area contributed by atoms with Gasteiger partial charge in [-0.15, -0.1) is 0 Å². The molecule has 6 aromatic carbocycles. The average Bonchev–Trinajstić information content (AvgIpc) is 3.16. The number of benzene rings is 6. The predicted octanol–water partition coefficient (Wildman–Crippen LogP) is 11.7. The Hall–Kier alpha value is -3.64. The van der Waals surface area contributed by atoms with Gasteiger partial charge in [0.25, 0.3) is 0 Å². The Morgan fingerprint density at radius 3 is 0.919 bits per heavy atom. The van der Waals surface area contributed by atoms with Gasteiger partial charge in [0.1, 0.15) is 0 Å². The van der Waals surface area contributed by atoms with Crippen LogP contribution in [0.2, 0.25) is 0 Å². The lowest BCUT2D eigenvalue weighted by molar-refractivity contribution is 0.662. The van der Waals surface area contributed by atoms with E-state index in [4.69, 9.17) is 0 Å². The number of rotatable bonds is 0. The Kier molecular flexibility index (Phi) is 7.69. The molecule has 0 atom stereocenters. The molecule has 0 saturated heterocycles. The molecule has 0 fully saturated rings. The minimum absolute atomic E-state index is 0.00959. The SMILES string of the molecule is CC.CC.CC.CC1(C)c2cc3cc4ccccc4cc3cc2-c2cc3cc4ccccc4cc3cc21. The quantitative estimate of drug-likeness (QED) is 0.188. The van der Waals surface area contributed by atoms with E-state index in [2.05, 4.69) is 111 Å². The summed E-state index contributed by atoms with van der Waals surface area (Å²) in [5.74, 6) is 0. The molecule has 0 saturated carbocycles. The van der Waals surface area contributed by atoms with Crippen LogP contribution in [0.4, 0.5) is 0 Å². The first-order chi connectivity index (χ1) is 18.1. The van der Waals surface area contributed by atoms with E-state index in [1.807, 2.05) is 41.5 Å². The minimum Gasteiger partial charge on any atom is -0.0683 e. The third kappa shape index (κ3) is 4.40. The summed E-state index contributed by atoms with van der Waals surface area (Å²) < 4.78 is 0. The molecule has 0 heterocycles. The van der Waals surface area contributed by atoms with E-state index in [0.29, 0.717) is 0 Å². The van der Waals surface area contributed by atoms with Gasteiger partial charge in [-0.2, -0.15) is 0 Å². The van der Waals surface area contributed by atoms with Crippen LogP contribution < -0.4 is 0 Å². The van der Waals surface area contributed by atoms with Crippen molar-refractivity contribution in [1.29, 1.82) is 0 Å². The Balaban J connectivity index is 0.000000500. The van der Waals surface area contributed by atoms with Crippen molar-refractivity contribution in [1.82, 2.24) is 0 Å². The molecular formula is C37H40. The molecule has 188 valence electrons. The normalized spacial score (nSPS) is 12.5. The van der Waals surface area contributed by atoms with Crippen molar-refractivity contribution in [3.63, 3.8) is 0 Å². The van der Waals surface area contributed by atoms with Crippen molar-refractivity contribution in [3.8, 4) is 11.1 Å². The van der Waals surface area contributed by atoms with Gasteiger partial charge in [0.05, 0.1) is 0 Å². The number of hydrogen-bond donors (Lipinski definition) is 0. The number of fused-ring (bicyclic) bond motifs is 7. The molecule has 6 aromatic rings. The largest absolute Gasteiger partial charge is 0.0683 e. The van der Waals surface area contributed by atoms with Crippen molar-refractivity contribution in [3.05, 3.63) is 108 Å². The van der Waals surface area contributed by atoms with Crippen LogP contribution in [0.1, 0.15) is 66.5 Å². The minimum atomic E-state index is -0.00959. The Labute approximate surface area is 223 Å². The van der Waals surface area contributed by atoms with Gasteiger partial charge in [-0.3, -0.25) is 0 Å². The van der Waals surface area contributed by atoms with E-state index in [1.165, 1.54) is 65.3 Å². The molecule has 37 heavy (non-hydrogen) atoms. The summed E-state index contributed by atoms with van der Waals surface area (Å²) in [6, 6.07) is 36.4. The summed E-state index contributed by atoms with van der Waals surface area (Å²) in [7, 11) is 0. The summed E-state index contributed by atoms with van der Waals surface area (Å²) in [4.78, 5) is 0. The standard InChI is InChI=1S/C31H22.3C2H6/c1-31(2)29-17-25-13-21-9-5-3-7-19(21)11-23(25)15-27(29)28-16-24-12-20-8-4-6-10-22(20)14-26(24)18-30(28)31;3*1-2/h3-18H,1-2H3;3*1-2H3. The van der Waals surface area contributed by atoms with Crippen LogP contribution in [0.5, 0.6) is 0 Å². The molecule has 0 nitrogen and oxygen atoms in total.